The molecule has 0 fully saturated rings. The summed E-state index contributed by atoms with van der Waals surface area (Å²) >= 11 is 0. The maximum absolute atomic E-state index is 13.1. The van der Waals surface area contributed by atoms with Crippen LogP contribution in [0.15, 0.2) is 24.3 Å². The first-order valence-electron chi connectivity index (χ1n) is 9.16. The van der Waals surface area contributed by atoms with E-state index in [1.807, 2.05) is 13.8 Å². The zero-order chi connectivity index (χ0) is 19.7. The van der Waals surface area contributed by atoms with Gasteiger partial charge >= 0.3 is 0 Å². The number of hydrogen-bond donors (Lipinski definition) is 1. The quantitative estimate of drug-likeness (QED) is 0.647. The van der Waals surface area contributed by atoms with Crippen LogP contribution in [0.2, 0.25) is 0 Å². The highest BCUT2D eigenvalue weighted by molar-refractivity contribution is 5.88. The Bertz CT molecular complexity index is 573. The van der Waals surface area contributed by atoms with Gasteiger partial charge in [-0.1, -0.05) is 26.0 Å². The molecular weight excluding hydrogens is 335 g/mol. The van der Waals surface area contributed by atoms with E-state index < -0.39 is 6.04 Å². The van der Waals surface area contributed by atoms with Crippen LogP contribution in [-0.2, 0) is 20.9 Å². The second-order valence-electron chi connectivity index (χ2n) is 6.99. The molecule has 0 aliphatic rings. The number of amides is 2. The molecule has 1 aromatic carbocycles. The number of rotatable bonds is 10. The molecule has 26 heavy (non-hydrogen) atoms. The van der Waals surface area contributed by atoms with Gasteiger partial charge in [-0.05, 0) is 44.9 Å². The van der Waals surface area contributed by atoms with Gasteiger partial charge in [0.05, 0.1) is 6.10 Å². The van der Waals surface area contributed by atoms with E-state index in [0.717, 1.165) is 5.56 Å². The molecule has 0 saturated carbocycles. The molecule has 0 aliphatic heterocycles. The predicted octanol–water partition coefficient (Wildman–Crippen LogP) is 3.13. The van der Waals surface area contributed by atoms with Crippen molar-refractivity contribution in [2.24, 2.45) is 5.92 Å². The van der Waals surface area contributed by atoms with Crippen molar-refractivity contribution >= 4 is 11.8 Å². The number of benzene rings is 1. The van der Waals surface area contributed by atoms with Gasteiger partial charge in [0.2, 0.25) is 11.8 Å². The van der Waals surface area contributed by atoms with E-state index in [4.69, 9.17) is 4.74 Å². The van der Waals surface area contributed by atoms with Gasteiger partial charge in [0.15, 0.2) is 0 Å². The molecular formula is C20H31FN2O3. The lowest BCUT2D eigenvalue weighted by atomic mass is 10.1. The zero-order valence-corrected chi connectivity index (χ0v) is 16.4. The van der Waals surface area contributed by atoms with Gasteiger partial charge in [-0.2, -0.15) is 0 Å². The molecule has 1 aromatic rings. The third-order valence-corrected chi connectivity index (χ3v) is 3.96. The van der Waals surface area contributed by atoms with E-state index in [1.54, 1.807) is 32.9 Å². The molecule has 2 amide bonds. The maximum Gasteiger partial charge on any atom is 0.242 e. The minimum Gasteiger partial charge on any atom is -0.379 e. The summed E-state index contributed by atoms with van der Waals surface area (Å²) in [6, 6.07) is 5.36. The highest BCUT2D eigenvalue weighted by Gasteiger charge is 2.27. The van der Waals surface area contributed by atoms with Crippen molar-refractivity contribution in [2.45, 2.75) is 59.7 Å². The van der Waals surface area contributed by atoms with Crippen molar-refractivity contribution in [2.75, 3.05) is 13.2 Å². The van der Waals surface area contributed by atoms with Crippen molar-refractivity contribution < 1.29 is 18.7 Å². The van der Waals surface area contributed by atoms with Crippen LogP contribution in [0.1, 0.15) is 46.6 Å². The monoisotopic (exact) mass is 366 g/mol. The van der Waals surface area contributed by atoms with Crippen LogP contribution in [0.25, 0.3) is 0 Å². The second kappa shape index (κ2) is 10.9. The third-order valence-electron chi connectivity index (χ3n) is 3.96. The van der Waals surface area contributed by atoms with Crippen molar-refractivity contribution in [1.82, 2.24) is 10.2 Å². The molecule has 0 unspecified atom stereocenters. The molecule has 0 heterocycles. The van der Waals surface area contributed by atoms with E-state index >= 15 is 0 Å². The molecule has 1 atom stereocenters. The molecule has 146 valence electrons. The number of ether oxygens (including phenoxy) is 1. The van der Waals surface area contributed by atoms with Crippen LogP contribution in [0, 0.1) is 11.7 Å². The van der Waals surface area contributed by atoms with Gasteiger partial charge in [0.25, 0.3) is 0 Å². The minimum atomic E-state index is -0.610. The summed E-state index contributed by atoms with van der Waals surface area (Å²) in [5.74, 6) is -0.874. The van der Waals surface area contributed by atoms with Crippen LogP contribution in [-0.4, -0.2) is 42.0 Å². The van der Waals surface area contributed by atoms with Gasteiger partial charge in [-0.3, -0.25) is 9.59 Å². The van der Waals surface area contributed by atoms with Gasteiger partial charge < -0.3 is 15.0 Å². The SMILES string of the molecule is CC(C)OCCCNC(=O)[C@@H](C)N(Cc1ccc(F)cc1)C(=O)C(C)C. The molecule has 0 radical (unpaired) electrons. The Hall–Kier alpha value is -1.95. The van der Waals surface area contributed by atoms with Gasteiger partial charge in [-0.15, -0.1) is 0 Å². The summed E-state index contributed by atoms with van der Waals surface area (Å²) in [5.41, 5.74) is 0.783. The summed E-state index contributed by atoms with van der Waals surface area (Å²) in [5, 5.41) is 2.85. The van der Waals surface area contributed by atoms with Crippen LogP contribution in [0.4, 0.5) is 4.39 Å². The molecule has 0 spiro atoms. The lowest BCUT2D eigenvalue weighted by Gasteiger charge is -2.30. The topological polar surface area (TPSA) is 58.6 Å². The summed E-state index contributed by atoms with van der Waals surface area (Å²) in [6.07, 6.45) is 0.881. The first-order chi connectivity index (χ1) is 12.2. The van der Waals surface area contributed by atoms with Crippen molar-refractivity contribution in [3.63, 3.8) is 0 Å². The van der Waals surface area contributed by atoms with Crippen LogP contribution in [0.3, 0.4) is 0 Å². The number of halogens is 1. The standard InChI is InChI=1S/C20H31FN2O3/c1-14(2)20(25)23(13-17-7-9-18(21)10-8-17)16(5)19(24)22-11-6-12-26-15(3)4/h7-10,14-16H,6,11-13H2,1-5H3,(H,22,24)/t16-/m1/s1. The molecule has 0 aromatic heterocycles. The first kappa shape index (κ1) is 22.1. The Morgan fingerprint density at radius 2 is 1.73 bits per heavy atom. The molecule has 0 saturated heterocycles. The third kappa shape index (κ3) is 7.52. The summed E-state index contributed by atoms with van der Waals surface area (Å²) in [7, 11) is 0. The second-order valence-corrected chi connectivity index (χ2v) is 6.99. The zero-order valence-electron chi connectivity index (χ0n) is 16.4. The number of nitrogens with one attached hydrogen (secondary N) is 1. The van der Waals surface area contributed by atoms with Crippen LogP contribution >= 0.6 is 0 Å². The van der Waals surface area contributed by atoms with E-state index in [9.17, 15) is 14.0 Å². The van der Waals surface area contributed by atoms with Gasteiger partial charge in [0.1, 0.15) is 11.9 Å². The van der Waals surface area contributed by atoms with Crippen molar-refractivity contribution in [1.29, 1.82) is 0 Å². The molecule has 1 N–H and O–H groups in total. The van der Waals surface area contributed by atoms with E-state index in [1.165, 1.54) is 17.0 Å². The fraction of sp³-hybridized carbons (Fsp3) is 0.600. The lowest BCUT2D eigenvalue weighted by molar-refractivity contribution is -0.143. The van der Waals surface area contributed by atoms with E-state index in [2.05, 4.69) is 5.32 Å². The Morgan fingerprint density at radius 1 is 1.12 bits per heavy atom. The van der Waals surface area contributed by atoms with E-state index in [0.29, 0.717) is 19.6 Å². The minimum absolute atomic E-state index is 0.111. The average Bonchev–Trinajstić information content (AvgIpc) is 2.59. The number of carbonyl (C=O) groups excluding carboxylic acids is 2. The van der Waals surface area contributed by atoms with Crippen LogP contribution in [0.5, 0.6) is 0 Å². The largest absolute Gasteiger partial charge is 0.379 e. The Morgan fingerprint density at radius 3 is 2.27 bits per heavy atom. The Labute approximate surface area is 155 Å². The molecule has 0 bridgehead atoms. The van der Waals surface area contributed by atoms with Crippen molar-refractivity contribution in [3.8, 4) is 0 Å². The molecule has 5 nitrogen and oxygen atoms in total. The number of nitrogens with zero attached hydrogens (tertiary/aromatic N) is 1. The summed E-state index contributed by atoms with van der Waals surface area (Å²) in [6.45, 7) is 10.6. The Kier molecular flexibility index (Phi) is 9.27. The predicted molar refractivity (Wildman–Crippen MR) is 100.0 cm³/mol. The Balaban J connectivity index is 2.68. The smallest absolute Gasteiger partial charge is 0.242 e. The number of carbonyl (C=O) groups is 2. The number of hydrogen-bond acceptors (Lipinski definition) is 3. The lowest BCUT2D eigenvalue weighted by Crippen LogP contribution is -2.49. The molecule has 6 heteroatoms. The summed E-state index contributed by atoms with van der Waals surface area (Å²) < 4.78 is 18.5. The fourth-order valence-corrected chi connectivity index (χ4v) is 2.42. The van der Waals surface area contributed by atoms with Crippen molar-refractivity contribution in [3.05, 3.63) is 35.6 Å². The normalized spacial score (nSPS) is 12.3. The van der Waals surface area contributed by atoms with Gasteiger partial charge in [0, 0.05) is 25.6 Å². The maximum atomic E-state index is 13.1. The fourth-order valence-electron chi connectivity index (χ4n) is 2.42. The van der Waals surface area contributed by atoms with E-state index in [-0.39, 0.29) is 36.2 Å². The highest BCUT2D eigenvalue weighted by Crippen LogP contribution is 2.14. The average molecular weight is 366 g/mol. The molecule has 0 aliphatic carbocycles. The van der Waals surface area contributed by atoms with Gasteiger partial charge in [-0.25, -0.2) is 4.39 Å². The first-order valence-corrected chi connectivity index (χ1v) is 9.16. The van der Waals surface area contributed by atoms with Crippen LogP contribution < -0.4 is 5.32 Å². The highest BCUT2D eigenvalue weighted by atomic mass is 19.1. The molecule has 1 rings (SSSR count). The summed E-state index contributed by atoms with van der Waals surface area (Å²) in [4.78, 5) is 26.5.